The van der Waals surface area contributed by atoms with Gasteiger partial charge in [-0.05, 0) is 24.8 Å². The van der Waals surface area contributed by atoms with E-state index >= 15 is 0 Å². The van der Waals surface area contributed by atoms with Crippen LogP contribution in [0.2, 0.25) is 0 Å². The number of hydrogen-bond donors (Lipinski definition) is 1. The van der Waals surface area contributed by atoms with E-state index < -0.39 is 6.10 Å². The van der Waals surface area contributed by atoms with Gasteiger partial charge >= 0.3 is 0 Å². The SMILES string of the molecule is Cn1nc(C(O)C2CCCCC2)c2ccccc21. The van der Waals surface area contributed by atoms with E-state index in [4.69, 9.17) is 0 Å². The first-order chi connectivity index (χ1) is 8.77. The molecule has 1 fully saturated rings. The van der Waals surface area contributed by atoms with Gasteiger partial charge in [0.1, 0.15) is 6.10 Å². The molecule has 96 valence electrons. The van der Waals surface area contributed by atoms with Crippen molar-refractivity contribution in [3.05, 3.63) is 30.0 Å². The largest absolute Gasteiger partial charge is 0.386 e. The van der Waals surface area contributed by atoms with Crippen LogP contribution in [0.3, 0.4) is 0 Å². The average Bonchev–Trinajstić information content (AvgIpc) is 2.77. The maximum Gasteiger partial charge on any atom is 0.101 e. The van der Waals surface area contributed by atoms with Gasteiger partial charge in [0.2, 0.25) is 0 Å². The first-order valence-corrected chi connectivity index (χ1v) is 6.87. The molecule has 1 aliphatic carbocycles. The molecule has 1 aromatic heterocycles. The molecular weight excluding hydrogens is 224 g/mol. The third-order valence-electron chi connectivity index (χ3n) is 4.16. The zero-order chi connectivity index (χ0) is 12.5. The topological polar surface area (TPSA) is 38.0 Å². The molecule has 3 rings (SSSR count). The Morgan fingerprint density at radius 3 is 2.72 bits per heavy atom. The summed E-state index contributed by atoms with van der Waals surface area (Å²) >= 11 is 0. The molecule has 1 aromatic carbocycles. The number of para-hydroxylation sites is 1. The van der Waals surface area contributed by atoms with Crippen molar-refractivity contribution in [2.24, 2.45) is 13.0 Å². The monoisotopic (exact) mass is 244 g/mol. The summed E-state index contributed by atoms with van der Waals surface area (Å²) < 4.78 is 1.87. The summed E-state index contributed by atoms with van der Waals surface area (Å²) in [7, 11) is 1.94. The number of benzene rings is 1. The number of aryl methyl sites for hydroxylation is 1. The molecule has 1 atom stereocenters. The van der Waals surface area contributed by atoms with Crippen LogP contribution >= 0.6 is 0 Å². The number of aliphatic hydroxyl groups is 1. The van der Waals surface area contributed by atoms with Crippen molar-refractivity contribution in [3.8, 4) is 0 Å². The lowest BCUT2D eigenvalue weighted by atomic mass is 9.83. The van der Waals surface area contributed by atoms with Crippen LogP contribution in [0.25, 0.3) is 10.9 Å². The summed E-state index contributed by atoms with van der Waals surface area (Å²) in [5, 5.41) is 16.2. The van der Waals surface area contributed by atoms with Crippen LogP contribution < -0.4 is 0 Å². The number of nitrogens with zero attached hydrogens (tertiary/aromatic N) is 2. The molecule has 0 spiro atoms. The molecule has 2 aromatic rings. The van der Waals surface area contributed by atoms with Crippen molar-refractivity contribution in [3.63, 3.8) is 0 Å². The minimum Gasteiger partial charge on any atom is -0.386 e. The van der Waals surface area contributed by atoms with Gasteiger partial charge in [0.25, 0.3) is 0 Å². The highest BCUT2D eigenvalue weighted by Gasteiger charge is 2.26. The van der Waals surface area contributed by atoms with Crippen LogP contribution in [-0.4, -0.2) is 14.9 Å². The lowest BCUT2D eigenvalue weighted by Crippen LogP contribution is -2.16. The quantitative estimate of drug-likeness (QED) is 0.881. The molecule has 18 heavy (non-hydrogen) atoms. The first-order valence-electron chi connectivity index (χ1n) is 6.87. The molecule has 0 saturated heterocycles. The van der Waals surface area contributed by atoms with Gasteiger partial charge in [-0.2, -0.15) is 5.10 Å². The van der Waals surface area contributed by atoms with Crippen molar-refractivity contribution in [2.45, 2.75) is 38.2 Å². The zero-order valence-electron chi connectivity index (χ0n) is 10.8. The summed E-state index contributed by atoms with van der Waals surface area (Å²) in [6, 6.07) is 8.14. The Hall–Kier alpha value is -1.35. The summed E-state index contributed by atoms with van der Waals surface area (Å²) in [5.74, 6) is 0.386. The molecule has 1 aliphatic rings. The van der Waals surface area contributed by atoms with Gasteiger partial charge in [0.15, 0.2) is 0 Å². The molecule has 0 radical (unpaired) electrons. The standard InChI is InChI=1S/C15H20N2O/c1-17-13-10-6-5-9-12(13)14(16-17)15(18)11-7-3-2-4-8-11/h5-6,9-11,15,18H,2-4,7-8H2,1H3. The van der Waals surface area contributed by atoms with Crippen LogP contribution in [0.15, 0.2) is 24.3 Å². The fourth-order valence-corrected chi connectivity index (χ4v) is 3.13. The Kier molecular flexibility index (Phi) is 3.08. The van der Waals surface area contributed by atoms with Crippen LogP contribution in [0.1, 0.15) is 43.9 Å². The smallest absolute Gasteiger partial charge is 0.101 e. The van der Waals surface area contributed by atoms with E-state index in [-0.39, 0.29) is 0 Å². The van der Waals surface area contributed by atoms with E-state index in [2.05, 4.69) is 17.2 Å². The second kappa shape index (κ2) is 4.73. The molecule has 0 aliphatic heterocycles. The molecular formula is C15H20N2O. The van der Waals surface area contributed by atoms with Crippen LogP contribution in [0.4, 0.5) is 0 Å². The van der Waals surface area contributed by atoms with Gasteiger partial charge in [-0.3, -0.25) is 4.68 Å². The van der Waals surface area contributed by atoms with Crippen LogP contribution in [0, 0.1) is 5.92 Å². The molecule has 1 N–H and O–H groups in total. The van der Waals surface area contributed by atoms with Gasteiger partial charge < -0.3 is 5.11 Å². The summed E-state index contributed by atoms with van der Waals surface area (Å²) in [6.07, 6.45) is 5.65. The maximum atomic E-state index is 10.6. The van der Waals surface area contributed by atoms with E-state index in [9.17, 15) is 5.11 Å². The number of hydrogen-bond acceptors (Lipinski definition) is 2. The van der Waals surface area contributed by atoms with Crippen molar-refractivity contribution in [1.29, 1.82) is 0 Å². The molecule has 1 heterocycles. The summed E-state index contributed by atoms with van der Waals surface area (Å²) in [6.45, 7) is 0. The fourth-order valence-electron chi connectivity index (χ4n) is 3.13. The Balaban J connectivity index is 1.98. The number of fused-ring (bicyclic) bond motifs is 1. The zero-order valence-corrected chi connectivity index (χ0v) is 10.8. The van der Waals surface area contributed by atoms with Crippen molar-refractivity contribution in [2.75, 3.05) is 0 Å². The van der Waals surface area contributed by atoms with Crippen LogP contribution in [0.5, 0.6) is 0 Å². The van der Waals surface area contributed by atoms with E-state index in [0.29, 0.717) is 5.92 Å². The van der Waals surface area contributed by atoms with Gasteiger partial charge in [-0.25, -0.2) is 0 Å². The van der Waals surface area contributed by atoms with E-state index in [0.717, 1.165) is 29.4 Å². The predicted molar refractivity (Wildman–Crippen MR) is 72.2 cm³/mol. The first kappa shape index (κ1) is 11.7. The lowest BCUT2D eigenvalue weighted by Gasteiger charge is -2.25. The highest BCUT2D eigenvalue weighted by Crippen LogP contribution is 2.36. The van der Waals surface area contributed by atoms with Gasteiger partial charge in [-0.1, -0.05) is 37.5 Å². The highest BCUT2D eigenvalue weighted by atomic mass is 16.3. The van der Waals surface area contributed by atoms with Gasteiger partial charge in [0.05, 0.1) is 11.2 Å². The molecule has 3 heteroatoms. The molecule has 1 unspecified atom stereocenters. The lowest BCUT2D eigenvalue weighted by molar-refractivity contribution is 0.0818. The summed E-state index contributed by atoms with van der Waals surface area (Å²) in [5.41, 5.74) is 1.96. The van der Waals surface area contributed by atoms with Gasteiger partial charge in [0, 0.05) is 12.4 Å². The normalized spacial score (nSPS) is 19.2. The van der Waals surface area contributed by atoms with E-state index in [1.54, 1.807) is 0 Å². The Morgan fingerprint density at radius 1 is 1.22 bits per heavy atom. The third kappa shape index (κ3) is 1.93. The minimum absolute atomic E-state index is 0.386. The molecule has 0 amide bonds. The van der Waals surface area contributed by atoms with E-state index in [1.165, 1.54) is 19.3 Å². The Labute approximate surface area is 107 Å². The summed E-state index contributed by atoms with van der Waals surface area (Å²) in [4.78, 5) is 0. The predicted octanol–water partition coefficient (Wildman–Crippen LogP) is 3.19. The fraction of sp³-hybridized carbons (Fsp3) is 0.533. The maximum absolute atomic E-state index is 10.6. The number of aromatic nitrogens is 2. The molecule has 0 bridgehead atoms. The highest BCUT2D eigenvalue weighted by molar-refractivity contribution is 5.82. The number of aliphatic hydroxyl groups excluding tert-OH is 1. The average molecular weight is 244 g/mol. The Bertz CT molecular complexity index is 540. The second-order valence-electron chi connectivity index (χ2n) is 5.37. The van der Waals surface area contributed by atoms with E-state index in [1.807, 2.05) is 23.9 Å². The third-order valence-corrected chi connectivity index (χ3v) is 4.16. The Morgan fingerprint density at radius 2 is 1.94 bits per heavy atom. The minimum atomic E-state index is -0.406. The van der Waals surface area contributed by atoms with Crippen molar-refractivity contribution < 1.29 is 5.11 Å². The van der Waals surface area contributed by atoms with Crippen molar-refractivity contribution >= 4 is 10.9 Å². The van der Waals surface area contributed by atoms with Gasteiger partial charge in [-0.15, -0.1) is 0 Å². The molecule has 3 nitrogen and oxygen atoms in total. The number of rotatable bonds is 2. The van der Waals surface area contributed by atoms with Crippen LogP contribution in [-0.2, 0) is 7.05 Å². The second-order valence-corrected chi connectivity index (χ2v) is 5.37. The molecule has 1 saturated carbocycles. The van der Waals surface area contributed by atoms with Crippen molar-refractivity contribution in [1.82, 2.24) is 9.78 Å².